The number of imidazole rings is 1. The number of nitrogens with zero attached hydrogens (tertiary/aromatic N) is 2. The predicted molar refractivity (Wildman–Crippen MR) is 135 cm³/mol. The van der Waals surface area contributed by atoms with Crippen LogP contribution in [0, 0.1) is 0 Å². The molecule has 1 aromatic heterocycles. The number of aliphatic hydroxyl groups excluding tert-OH is 1. The van der Waals surface area contributed by atoms with Crippen molar-refractivity contribution >= 4 is 27.1 Å². The lowest BCUT2D eigenvalue weighted by Gasteiger charge is -2.30. The van der Waals surface area contributed by atoms with E-state index in [2.05, 4.69) is 15.3 Å². The average Bonchev–Trinajstić information content (AvgIpc) is 3.55. The minimum atomic E-state index is -4.17. The number of hydrogen-bond donors (Lipinski definition) is 3. The first-order valence-electron chi connectivity index (χ1n) is 12.1. The van der Waals surface area contributed by atoms with E-state index in [1.165, 1.54) is 18.5 Å². The van der Waals surface area contributed by atoms with E-state index >= 15 is 0 Å². The smallest absolute Gasteiger partial charge is 0.407 e. The summed E-state index contributed by atoms with van der Waals surface area (Å²) in [5, 5.41) is 13.9. The minimum Gasteiger partial charge on any atom is -0.444 e. The number of sulfonamides is 1. The summed E-state index contributed by atoms with van der Waals surface area (Å²) in [5.74, 6) is 0. The van der Waals surface area contributed by atoms with Crippen molar-refractivity contribution in [1.29, 1.82) is 0 Å². The van der Waals surface area contributed by atoms with E-state index in [-0.39, 0.29) is 17.4 Å². The minimum absolute atomic E-state index is 0.0229. The fourth-order valence-corrected chi connectivity index (χ4v) is 5.38. The Kier molecular flexibility index (Phi) is 8.77. The molecule has 0 aliphatic carbocycles. The molecule has 4 rings (SSSR count). The Bertz CT molecular complexity index is 1280. The second-order valence-electron chi connectivity index (χ2n) is 9.12. The van der Waals surface area contributed by atoms with E-state index in [4.69, 9.17) is 14.3 Å². The number of carbonyl (C=O) groups is 1. The van der Waals surface area contributed by atoms with Gasteiger partial charge in [-0.15, -0.1) is 0 Å². The molecule has 3 atom stereocenters. The molecule has 0 saturated carbocycles. The summed E-state index contributed by atoms with van der Waals surface area (Å²) in [5.41, 5.74) is 2.02. The Hall–Kier alpha value is -3.03. The third kappa shape index (κ3) is 7.05. The Labute approximate surface area is 215 Å². The maximum Gasteiger partial charge on any atom is 0.407 e. The van der Waals surface area contributed by atoms with Crippen molar-refractivity contribution in [2.24, 2.45) is 0 Å². The molecule has 3 aromatic rings. The lowest BCUT2D eigenvalue weighted by atomic mass is 10.0. The lowest BCUT2D eigenvalue weighted by Crippen LogP contribution is -2.51. The van der Waals surface area contributed by atoms with Gasteiger partial charge in [0.25, 0.3) is 10.0 Å². The van der Waals surface area contributed by atoms with Crippen molar-refractivity contribution in [3.63, 3.8) is 0 Å². The van der Waals surface area contributed by atoms with Crippen LogP contribution in [0.25, 0.3) is 11.0 Å². The van der Waals surface area contributed by atoms with Gasteiger partial charge >= 0.3 is 6.09 Å². The van der Waals surface area contributed by atoms with Crippen LogP contribution >= 0.6 is 0 Å². The number of hydrogen-bond acceptors (Lipinski definition) is 8. The van der Waals surface area contributed by atoms with E-state index in [9.17, 15) is 18.3 Å². The number of H-pyrrole nitrogens is 1. The molecule has 1 fully saturated rings. The molecule has 200 valence electrons. The number of rotatable bonds is 11. The number of nitrogens with one attached hydrogen (secondary N) is 2. The van der Waals surface area contributed by atoms with Crippen molar-refractivity contribution in [3.05, 3.63) is 60.4 Å². The molecule has 1 unspecified atom stereocenters. The number of aliphatic hydroxyl groups is 1. The van der Waals surface area contributed by atoms with Crippen molar-refractivity contribution in [2.75, 3.05) is 19.8 Å². The van der Waals surface area contributed by atoms with Crippen LogP contribution in [0.3, 0.4) is 0 Å². The van der Waals surface area contributed by atoms with Gasteiger partial charge in [0.05, 0.1) is 60.3 Å². The monoisotopic (exact) mass is 532 g/mol. The zero-order chi connectivity index (χ0) is 26.4. The molecule has 0 spiro atoms. The molecule has 1 aliphatic rings. The van der Waals surface area contributed by atoms with Crippen molar-refractivity contribution in [1.82, 2.24) is 19.8 Å². The molecule has 37 heavy (non-hydrogen) atoms. The van der Waals surface area contributed by atoms with E-state index in [1.807, 2.05) is 30.3 Å². The van der Waals surface area contributed by atoms with Crippen molar-refractivity contribution in [3.8, 4) is 0 Å². The molecule has 1 aliphatic heterocycles. The summed E-state index contributed by atoms with van der Waals surface area (Å²) in [6.07, 6.45) is -0.582. The zero-order valence-corrected chi connectivity index (χ0v) is 21.6. The van der Waals surface area contributed by atoms with Crippen molar-refractivity contribution in [2.45, 2.75) is 55.9 Å². The van der Waals surface area contributed by atoms with Crippen LogP contribution in [0.4, 0.5) is 4.79 Å². The molecule has 3 N–H and O–H groups in total. The molecular formula is C25H32N4O7S. The largest absolute Gasteiger partial charge is 0.444 e. The number of alkyl carbamates (subject to hydrolysis) is 1. The van der Waals surface area contributed by atoms with Crippen LogP contribution in [0.2, 0.25) is 0 Å². The van der Waals surface area contributed by atoms with Gasteiger partial charge in [-0.3, -0.25) is 4.84 Å². The number of amides is 1. The Balaban J connectivity index is 1.55. The highest BCUT2D eigenvalue weighted by Gasteiger charge is 2.33. The van der Waals surface area contributed by atoms with E-state index in [0.29, 0.717) is 30.7 Å². The van der Waals surface area contributed by atoms with Gasteiger partial charge in [-0.2, -0.15) is 0 Å². The SMILES string of the molecule is CC(C)ON(C[C@@H](O)[C@H](Cc1ccccc1)NC(=O)OC1CCOC1)S(=O)(=O)c1ccc2nc[nH]c2c1. The quantitative estimate of drug-likeness (QED) is 0.320. The van der Waals surface area contributed by atoms with Gasteiger partial charge in [-0.05, 0) is 44.0 Å². The average molecular weight is 533 g/mol. The van der Waals surface area contributed by atoms with Crippen LogP contribution in [0.5, 0.6) is 0 Å². The van der Waals surface area contributed by atoms with Crippen molar-refractivity contribution < 1.29 is 32.6 Å². The maximum atomic E-state index is 13.5. The first kappa shape index (κ1) is 27.0. The highest BCUT2D eigenvalue weighted by Crippen LogP contribution is 2.22. The Morgan fingerprint density at radius 1 is 1.27 bits per heavy atom. The van der Waals surface area contributed by atoms with E-state index in [1.54, 1.807) is 19.9 Å². The van der Waals surface area contributed by atoms with Gasteiger partial charge in [-0.25, -0.2) is 18.2 Å². The van der Waals surface area contributed by atoms with Gasteiger partial charge < -0.3 is 24.9 Å². The number of fused-ring (bicyclic) bond motifs is 1. The number of carbonyl (C=O) groups excluding carboxylic acids is 1. The Morgan fingerprint density at radius 2 is 2.05 bits per heavy atom. The fourth-order valence-electron chi connectivity index (χ4n) is 4.00. The molecule has 2 heterocycles. The lowest BCUT2D eigenvalue weighted by molar-refractivity contribution is -0.136. The fraction of sp³-hybridized carbons (Fsp3) is 0.440. The van der Waals surface area contributed by atoms with Crippen LogP contribution in [-0.4, -0.2) is 78.2 Å². The number of aromatic nitrogens is 2. The summed E-state index contributed by atoms with van der Waals surface area (Å²) < 4.78 is 38.5. The summed E-state index contributed by atoms with van der Waals surface area (Å²) in [7, 11) is -4.17. The molecule has 2 aromatic carbocycles. The van der Waals surface area contributed by atoms with Crippen LogP contribution in [0.1, 0.15) is 25.8 Å². The third-order valence-corrected chi connectivity index (χ3v) is 7.47. The van der Waals surface area contributed by atoms with E-state index < -0.39 is 40.9 Å². The zero-order valence-electron chi connectivity index (χ0n) is 20.7. The van der Waals surface area contributed by atoms with Gasteiger partial charge in [-0.1, -0.05) is 34.8 Å². The topological polar surface area (TPSA) is 143 Å². The summed E-state index contributed by atoms with van der Waals surface area (Å²) in [6.45, 7) is 3.78. The third-order valence-electron chi connectivity index (χ3n) is 5.85. The number of aromatic amines is 1. The summed E-state index contributed by atoms with van der Waals surface area (Å²) in [6, 6.07) is 12.9. The number of hydroxylamine groups is 1. The van der Waals surface area contributed by atoms with Crippen LogP contribution < -0.4 is 5.32 Å². The van der Waals surface area contributed by atoms with Gasteiger partial charge in [0.15, 0.2) is 0 Å². The highest BCUT2D eigenvalue weighted by atomic mass is 32.2. The number of ether oxygens (including phenoxy) is 2. The first-order chi connectivity index (χ1) is 17.7. The predicted octanol–water partition coefficient (Wildman–Crippen LogP) is 2.38. The molecule has 12 heteroatoms. The standard InChI is InChI=1S/C25H32N4O7S/c1-17(2)36-29(37(32,33)20-8-9-21-22(13-20)27-16-26-21)14-24(30)23(12-18-6-4-3-5-7-18)28-25(31)35-19-10-11-34-15-19/h3-9,13,16-17,19,23-24,30H,10-12,14-15H2,1-2H3,(H,26,27)(H,28,31)/t19?,23-,24+/m0/s1. The van der Waals surface area contributed by atoms with Crippen LogP contribution in [-0.2, 0) is 30.8 Å². The van der Waals surface area contributed by atoms with Gasteiger partial charge in [0.1, 0.15) is 6.10 Å². The van der Waals surface area contributed by atoms with E-state index in [0.717, 1.165) is 10.0 Å². The second kappa shape index (κ2) is 12.0. The molecule has 1 amide bonds. The molecule has 11 nitrogen and oxygen atoms in total. The first-order valence-corrected chi connectivity index (χ1v) is 13.6. The molecular weight excluding hydrogens is 500 g/mol. The van der Waals surface area contributed by atoms with Crippen LogP contribution in [0.15, 0.2) is 59.8 Å². The maximum absolute atomic E-state index is 13.5. The molecule has 0 radical (unpaired) electrons. The normalized spacial score (nSPS) is 17.8. The molecule has 0 bridgehead atoms. The van der Waals surface area contributed by atoms with Gasteiger partial charge in [0, 0.05) is 6.42 Å². The summed E-state index contributed by atoms with van der Waals surface area (Å²) >= 11 is 0. The number of benzene rings is 2. The highest BCUT2D eigenvalue weighted by molar-refractivity contribution is 7.89. The molecule has 1 saturated heterocycles. The Morgan fingerprint density at radius 3 is 2.76 bits per heavy atom. The van der Waals surface area contributed by atoms with Gasteiger partial charge in [0.2, 0.25) is 0 Å². The summed E-state index contributed by atoms with van der Waals surface area (Å²) in [4.78, 5) is 25.2. The second-order valence-corrected chi connectivity index (χ2v) is 11.0.